The second kappa shape index (κ2) is 9.03. The second-order valence-electron chi connectivity index (χ2n) is 8.80. The van der Waals surface area contributed by atoms with E-state index in [9.17, 15) is 22.8 Å². The largest absolute Gasteiger partial charge is 0.416 e. The van der Waals surface area contributed by atoms with Gasteiger partial charge in [0.15, 0.2) is 0 Å². The third-order valence-corrected chi connectivity index (χ3v) is 7.75. The average Bonchev–Trinajstić information content (AvgIpc) is 3.40. The summed E-state index contributed by atoms with van der Waals surface area (Å²) in [4.78, 5) is 33.2. The smallest absolute Gasteiger partial charge is 0.368 e. The van der Waals surface area contributed by atoms with Gasteiger partial charge in [0, 0.05) is 49.4 Å². The molecule has 0 bridgehead atoms. The Hall–Kier alpha value is -3.33. The molecule has 0 unspecified atom stereocenters. The van der Waals surface area contributed by atoms with Gasteiger partial charge in [-0.2, -0.15) is 13.2 Å². The lowest BCUT2D eigenvalue weighted by molar-refractivity contribution is -0.137. The topological polar surface area (TPSA) is 43.9 Å². The molecule has 0 saturated carbocycles. The zero-order valence-electron chi connectivity index (χ0n) is 19.0. The molecule has 2 aliphatic rings. The molecule has 2 aromatic carbocycles. The SMILES string of the molecule is CN1C(=O)c2ccccc2[C@@H](C(=O)N2CCN(c3cccc(C(F)(F)F)c3)CC2)[C@H]1c1cccs1. The minimum atomic E-state index is -4.40. The van der Waals surface area contributed by atoms with E-state index in [2.05, 4.69) is 0 Å². The molecule has 1 fully saturated rings. The number of piperazine rings is 1. The highest BCUT2D eigenvalue weighted by Crippen LogP contribution is 2.44. The van der Waals surface area contributed by atoms with Crippen molar-refractivity contribution in [3.63, 3.8) is 0 Å². The fourth-order valence-corrected chi connectivity index (χ4v) is 5.92. The fraction of sp³-hybridized carbons (Fsp3) is 0.308. The van der Waals surface area contributed by atoms with Crippen LogP contribution in [-0.2, 0) is 11.0 Å². The predicted molar refractivity (Wildman–Crippen MR) is 129 cm³/mol. The summed E-state index contributed by atoms with van der Waals surface area (Å²) in [7, 11) is 1.73. The van der Waals surface area contributed by atoms with Crippen molar-refractivity contribution in [2.75, 3.05) is 38.1 Å². The van der Waals surface area contributed by atoms with E-state index in [0.717, 1.165) is 22.6 Å². The zero-order valence-corrected chi connectivity index (χ0v) is 19.9. The number of rotatable bonds is 3. The van der Waals surface area contributed by atoms with Gasteiger partial charge in [-0.05, 0) is 41.3 Å². The highest BCUT2D eigenvalue weighted by Gasteiger charge is 2.44. The second-order valence-corrected chi connectivity index (χ2v) is 9.78. The number of hydrogen-bond donors (Lipinski definition) is 0. The van der Waals surface area contributed by atoms with Gasteiger partial charge in [0.05, 0.1) is 17.5 Å². The van der Waals surface area contributed by atoms with Crippen molar-refractivity contribution >= 4 is 28.8 Å². The number of fused-ring (bicyclic) bond motifs is 1. The molecule has 0 spiro atoms. The molecule has 2 atom stereocenters. The molecule has 5 nitrogen and oxygen atoms in total. The van der Waals surface area contributed by atoms with E-state index in [1.165, 1.54) is 17.4 Å². The van der Waals surface area contributed by atoms with Crippen LogP contribution in [0.5, 0.6) is 0 Å². The highest BCUT2D eigenvalue weighted by atomic mass is 32.1. The number of carbonyl (C=O) groups excluding carboxylic acids is 2. The van der Waals surface area contributed by atoms with Crippen molar-refractivity contribution in [1.82, 2.24) is 9.80 Å². The molecule has 1 saturated heterocycles. The van der Waals surface area contributed by atoms with Crippen LogP contribution in [0.25, 0.3) is 0 Å². The van der Waals surface area contributed by atoms with Crippen molar-refractivity contribution < 1.29 is 22.8 Å². The molecule has 2 amide bonds. The van der Waals surface area contributed by atoms with E-state index >= 15 is 0 Å². The number of anilines is 1. The number of halogens is 3. The molecule has 0 N–H and O–H groups in total. The monoisotopic (exact) mass is 499 g/mol. The molecular formula is C26H24F3N3O2S. The van der Waals surface area contributed by atoms with Crippen molar-refractivity contribution in [2.24, 2.45) is 0 Å². The summed E-state index contributed by atoms with van der Waals surface area (Å²) in [5.41, 5.74) is 1.07. The van der Waals surface area contributed by atoms with E-state index in [0.29, 0.717) is 37.4 Å². The number of thiophene rings is 1. The van der Waals surface area contributed by atoms with Gasteiger partial charge in [0.25, 0.3) is 5.91 Å². The minimum Gasteiger partial charge on any atom is -0.368 e. The van der Waals surface area contributed by atoms with Crippen LogP contribution >= 0.6 is 11.3 Å². The molecule has 5 rings (SSSR count). The first-order valence-corrected chi connectivity index (χ1v) is 12.2. The summed E-state index contributed by atoms with van der Waals surface area (Å²) in [5, 5.41) is 1.93. The van der Waals surface area contributed by atoms with Gasteiger partial charge in [0.2, 0.25) is 5.91 Å². The van der Waals surface area contributed by atoms with Gasteiger partial charge in [-0.3, -0.25) is 9.59 Å². The lowest BCUT2D eigenvalue weighted by Crippen LogP contribution is -2.53. The molecule has 1 aromatic heterocycles. The first-order chi connectivity index (χ1) is 16.8. The average molecular weight is 500 g/mol. The van der Waals surface area contributed by atoms with E-state index in [4.69, 9.17) is 0 Å². The standard InChI is InChI=1S/C26H24F3N3O2S/c1-30-23(21-10-5-15-35-21)22(19-8-2-3-9-20(19)24(30)33)25(34)32-13-11-31(12-14-32)18-7-4-6-17(16-18)26(27,28)29/h2-10,15-16,22-23H,11-14H2,1H3/t22-,23-/m1/s1. The molecule has 9 heteroatoms. The Morgan fingerprint density at radius 2 is 1.71 bits per heavy atom. The molecule has 182 valence electrons. The van der Waals surface area contributed by atoms with Gasteiger partial charge in [0.1, 0.15) is 0 Å². The number of hydrogen-bond acceptors (Lipinski definition) is 4. The van der Waals surface area contributed by atoms with Gasteiger partial charge < -0.3 is 14.7 Å². The Balaban J connectivity index is 1.40. The molecular weight excluding hydrogens is 475 g/mol. The Bertz CT molecular complexity index is 1240. The van der Waals surface area contributed by atoms with Gasteiger partial charge in [-0.1, -0.05) is 30.3 Å². The van der Waals surface area contributed by atoms with Crippen LogP contribution < -0.4 is 4.90 Å². The summed E-state index contributed by atoms with van der Waals surface area (Å²) in [6, 6.07) is 16.0. The first-order valence-electron chi connectivity index (χ1n) is 11.4. The summed E-state index contributed by atoms with van der Waals surface area (Å²) < 4.78 is 39.4. The number of carbonyl (C=O) groups is 2. The van der Waals surface area contributed by atoms with Gasteiger partial charge >= 0.3 is 6.18 Å². The van der Waals surface area contributed by atoms with Crippen molar-refractivity contribution in [1.29, 1.82) is 0 Å². The maximum absolute atomic E-state index is 13.9. The lowest BCUT2D eigenvalue weighted by atomic mass is 9.81. The van der Waals surface area contributed by atoms with Crippen molar-refractivity contribution in [3.05, 3.63) is 87.6 Å². The van der Waals surface area contributed by atoms with Crippen LogP contribution in [0.15, 0.2) is 66.0 Å². The molecule has 0 radical (unpaired) electrons. The van der Waals surface area contributed by atoms with E-state index in [1.54, 1.807) is 35.0 Å². The number of alkyl halides is 3. The van der Waals surface area contributed by atoms with Crippen LogP contribution in [0.3, 0.4) is 0 Å². The summed E-state index contributed by atoms with van der Waals surface area (Å²) in [6.07, 6.45) is -4.40. The number of amides is 2. The Labute approximate surface area is 205 Å². The van der Waals surface area contributed by atoms with E-state index in [1.807, 2.05) is 34.5 Å². The van der Waals surface area contributed by atoms with Crippen LogP contribution in [0.4, 0.5) is 18.9 Å². The van der Waals surface area contributed by atoms with Crippen molar-refractivity contribution in [2.45, 2.75) is 18.1 Å². The van der Waals surface area contributed by atoms with Gasteiger partial charge in [-0.25, -0.2) is 0 Å². The van der Waals surface area contributed by atoms with Crippen LogP contribution in [0.2, 0.25) is 0 Å². The van der Waals surface area contributed by atoms with Crippen molar-refractivity contribution in [3.8, 4) is 0 Å². The number of nitrogens with zero attached hydrogens (tertiary/aromatic N) is 3. The molecule has 3 heterocycles. The maximum Gasteiger partial charge on any atom is 0.416 e. The molecule has 0 aliphatic carbocycles. The fourth-order valence-electron chi connectivity index (χ4n) is 5.02. The molecule has 35 heavy (non-hydrogen) atoms. The van der Waals surface area contributed by atoms with Crippen LogP contribution in [0.1, 0.15) is 38.3 Å². The van der Waals surface area contributed by atoms with E-state index < -0.39 is 23.7 Å². The third-order valence-electron chi connectivity index (χ3n) is 6.81. The highest BCUT2D eigenvalue weighted by molar-refractivity contribution is 7.10. The normalized spacial score (nSPS) is 20.7. The first kappa shape index (κ1) is 23.4. The molecule has 3 aromatic rings. The predicted octanol–water partition coefficient (Wildman–Crippen LogP) is 5.03. The number of benzene rings is 2. The number of likely N-dealkylation sites (N-methyl/N-ethyl adjacent to an activating group) is 1. The summed E-state index contributed by atoms with van der Waals surface area (Å²) in [5.74, 6) is -0.732. The minimum absolute atomic E-state index is 0.0705. The maximum atomic E-state index is 13.9. The van der Waals surface area contributed by atoms with Gasteiger partial charge in [-0.15, -0.1) is 11.3 Å². The zero-order chi connectivity index (χ0) is 24.7. The van der Waals surface area contributed by atoms with Crippen LogP contribution in [-0.4, -0.2) is 54.8 Å². The Kier molecular flexibility index (Phi) is 6.04. The van der Waals surface area contributed by atoms with E-state index in [-0.39, 0.29) is 11.8 Å². The quantitative estimate of drug-likeness (QED) is 0.508. The molecule has 2 aliphatic heterocycles. The summed E-state index contributed by atoms with van der Waals surface area (Å²) >= 11 is 1.51. The lowest BCUT2D eigenvalue weighted by Gasteiger charge is -2.43. The third kappa shape index (κ3) is 4.29. The van der Waals surface area contributed by atoms with Crippen LogP contribution in [0, 0.1) is 0 Å². The summed E-state index contributed by atoms with van der Waals surface area (Å²) in [6.45, 7) is 1.64. The Morgan fingerprint density at radius 1 is 0.971 bits per heavy atom. The Morgan fingerprint density at radius 3 is 2.40 bits per heavy atom.